The zero-order valence-electron chi connectivity index (χ0n) is 11.2. The minimum Gasteiger partial charge on any atom is -0.464 e. The first-order valence-corrected chi connectivity index (χ1v) is 6.09. The van der Waals surface area contributed by atoms with Crippen LogP contribution in [0.25, 0.3) is 11.1 Å². The summed E-state index contributed by atoms with van der Waals surface area (Å²) in [7, 11) is 1.34. The largest absolute Gasteiger partial charge is 0.464 e. The second-order valence-electron chi connectivity index (χ2n) is 4.58. The SMILES string of the molecule is COC(=O)c1c(-c2cccc(F)c2)ccn1C(C)C. The maximum Gasteiger partial charge on any atom is 0.355 e. The van der Waals surface area contributed by atoms with Crippen molar-refractivity contribution in [2.45, 2.75) is 19.9 Å². The monoisotopic (exact) mass is 261 g/mol. The van der Waals surface area contributed by atoms with E-state index in [0.717, 1.165) is 0 Å². The predicted octanol–water partition coefficient (Wildman–Crippen LogP) is 3.66. The van der Waals surface area contributed by atoms with E-state index in [9.17, 15) is 9.18 Å². The van der Waals surface area contributed by atoms with E-state index in [-0.39, 0.29) is 11.9 Å². The summed E-state index contributed by atoms with van der Waals surface area (Å²) in [6.07, 6.45) is 1.82. The number of nitrogens with zero attached hydrogens (tertiary/aromatic N) is 1. The second kappa shape index (κ2) is 5.26. The van der Waals surface area contributed by atoms with Crippen LogP contribution in [0, 0.1) is 5.82 Å². The number of halogens is 1. The van der Waals surface area contributed by atoms with Crippen LogP contribution in [-0.4, -0.2) is 17.6 Å². The Morgan fingerprint density at radius 3 is 2.63 bits per heavy atom. The van der Waals surface area contributed by atoms with Gasteiger partial charge in [-0.05, 0) is 37.6 Å². The molecule has 0 N–H and O–H groups in total. The fraction of sp³-hybridized carbons (Fsp3) is 0.267. The molecule has 1 aromatic carbocycles. The van der Waals surface area contributed by atoms with Crippen molar-refractivity contribution in [3.8, 4) is 11.1 Å². The third kappa shape index (κ3) is 2.52. The van der Waals surface area contributed by atoms with E-state index < -0.39 is 5.97 Å². The van der Waals surface area contributed by atoms with Crippen LogP contribution in [-0.2, 0) is 4.74 Å². The molecule has 0 saturated carbocycles. The van der Waals surface area contributed by atoms with Crippen LogP contribution in [0.5, 0.6) is 0 Å². The molecule has 0 aliphatic heterocycles. The van der Waals surface area contributed by atoms with E-state index >= 15 is 0 Å². The van der Waals surface area contributed by atoms with Gasteiger partial charge in [-0.3, -0.25) is 0 Å². The van der Waals surface area contributed by atoms with Gasteiger partial charge in [-0.1, -0.05) is 12.1 Å². The van der Waals surface area contributed by atoms with Crippen LogP contribution in [0.3, 0.4) is 0 Å². The number of ether oxygens (including phenoxy) is 1. The number of carbonyl (C=O) groups excluding carboxylic acids is 1. The Morgan fingerprint density at radius 2 is 2.05 bits per heavy atom. The molecule has 100 valence electrons. The molecular formula is C15H16FNO2. The summed E-state index contributed by atoms with van der Waals surface area (Å²) in [6, 6.07) is 8.11. The van der Waals surface area contributed by atoms with Gasteiger partial charge < -0.3 is 9.30 Å². The first-order chi connectivity index (χ1) is 9.04. The first-order valence-electron chi connectivity index (χ1n) is 6.09. The van der Waals surface area contributed by atoms with Gasteiger partial charge in [0.1, 0.15) is 11.5 Å². The minimum absolute atomic E-state index is 0.122. The van der Waals surface area contributed by atoms with Crippen molar-refractivity contribution in [2.75, 3.05) is 7.11 Å². The molecule has 0 atom stereocenters. The van der Waals surface area contributed by atoms with Crippen molar-refractivity contribution in [1.29, 1.82) is 0 Å². The van der Waals surface area contributed by atoms with Gasteiger partial charge in [-0.15, -0.1) is 0 Å². The third-order valence-electron chi connectivity index (χ3n) is 2.99. The highest BCUT2D eigenvalue weighted by molar-refractivity contribution is 5.96. The Hall–Kier alpha value is -2.10. The van der Waals surface area contributed by atoms with E-state index in [1.54, 1.807) is 18.2 Å². The molecule has 0 fully saturated rings. The highest BCUT2D eigenvalue weighted by Crippen LogP contribution is 2.28. The lowest BCUT2D eigenvalue weighted by Crippen LogP contribution is -2.12. The summed E-state index contributed by atoms with van der Waals surface area (Å²) in [5, 5.41) is 0. The number of methoxy groups -OCH3 is 1. The molecular weight excluding hydrogens is 245 g/mol. The van der Waals surface area contributed by atoms with Gasteiger partial charge in [0.05, 0.1) is 7.11 Å². The van der Waals surface area contributed by atoms with Gasteiger partial charge in [0.25, 0.3) is 0 Å². The number of carbonyl (C=O) groups is 1. The Kier molecular flexibility index (Phi) is 3.69. The number of hydrogen-bond donors (Lipinski definition) is 0. The lowest BCUT2D eigenvalue weighted by atomic mass is 10.1. The van der Waals surface area contributed by atoms with E-state index in [1.165, 1.54) is 19.2 Å². The molecule has 0 amide bonds. The van der Waals surface area contributed by atoms with Crippen molar-refractivity contribution in [3.05, 3.63) is 48.0 Å². The summed E-state index contributed by atoms with van der Waals surface area (Å²) in [5.41, 5.74) is 1.79. The number of esters is 1. The summed E-state index contributed by atoms with van der Waals surface area (Å²) in [6.45, 7) is 3.95. The van der Waals surface area contributed by atoms with E-state index in [0.29, 0.717) is 16.8 Å². The van der Waals surface area contributed by atoms with E-state index in [1.807, 2.05) is 24.6 Å². The molecule has 2 aromatic rings. The van der Waals surface area contributed by atoms with Gasteiger partial charge in [-0.25, -0.2) is 9.18 Å². The van der Waals surface area contributed by atoms with Gasteiger partial charge in [0.2, 0.25) is 0 Å². The minimum atomic E-state index is -0.419. The number of hydrogen-bond acceptors (Lipinski definition) is 2. The predicted molar refractivity (Wildman–Crippen MR) is 71.6 cm³/mol. The van der Waals surface area contributed by atoms with Gasteiger partial charge in [0, 0.05) is 17.8 Å². The zero-order valence-corrected chi connectivity index (χ0v) is 11.2. The van der Waals surface area contributed by atoms with Crippen molar-refractivity contribution in [3.63, 3.8) is 0 Å². The molecule has 19 heavy (non-hydrogen) atoms. The fourth-order valence-electron chi connectivity index (χ4n) is 2.08. The Morgan fingerprint density at radius 1 is 1.32 bits per heavy atom. The first kappa shape index (κ1) is 13.3. The van der Waals surface area contributed by atoms with Crippen LogP contribution >= 0.6 is 0 Å². The maximum absolute atomic E-state index is 13.3. The number of rotatable bonds is 3. The lowest BCUT2D eigenvalue weighted by Gasteiger charge is -2.13. The summed E-state index contributed by atoms with van der Waals surface area (Å²) >= 11 is 0. The molecule has 0 spiro atoms. The van der Waals surface area contributed by atoms with Crippen molar-refractivity contribution in [1.82, 2.24) is 4.57 Å². The maximum atomic E-state index is 13.3. The standard InChI is InChI=1S/C15H16FNO2/c1-10(2)17-8-7-13(14(17)15(18)19-3)11-5-4-6-12(16)9-11/h4-10H,1-3H3. The van der Waals surface area contributed by atoms with Gasteiger partial charge >= 0.3 is 5.97 Å². The average Bonchev–Trinajstić information content (AvgIpc) is 2.82. The zero-order chi connectivity index (χ0) is 14.0. The van der Waals surface area contributed by atoms with Crippen molar-refractivity contribution >= 4 is 5.97 Å². The molecule has 1 heterocycles. The molecule has 4 heteroatoms. The third-order valence-corrected chi connectivity index (χ3v) is 2.99. The Bertz CT molecular complexity index is 602. The quantitative estimate of drug-likeness (QED) is 0.789. The van der Waals surface area contributed by atoms with Crippen LogP contribution < -0.4 is 0 Å². The molecule has 3 nitrogen and oxygen atoms in total. The highest BCUT2D eigenvalue weighted by Gasteiger charge is 2.20. The summed E-state index contributed by atoms with van der Waals surface area (Å²) < 4.78 is 20.0. The molecule has 0 aliphatic rings. The van der Waals surface area contributed by atoms with Gasteiger partial charge in [-0.2, -0.15) is 0 Å². The summed E-state index contributed by atoms with van der Waals surface area (Å²) in [5.74, 6) is -0.747. The van der Waals surface area contributed by atoms with E-state index in [2.05, 4.69) is 0 Å². The average molecular weight is 261 g/mol. The Balaban J connectivity index is 2.61. The smallest absolute Gasteiger partial charge is 0.355 e. The normalized spacial score (nSPS) is 10.8. The molecule has 1 aromatic heterocycles. The van der Waals surface area contributed by atoms with Crippen LogP contribution in [0.4, 0.5) is 4.39 Å². The van der Waals surface area contributed by atoms with Crippen molar-refractivity contribution < 1.29 is 13.9 Å². The molecule has 0 radical (unpaired) electrons. The number of benzene rings is 1. The molecule has 2 rings (SSSR count). The molecule has 0 aliphatic carbocycles. The number of aromatic nitrogens is 1. The summed E-state index contributed by atoms with van der Waals surface area (Å²) in [4.78, 5) is 11.9. The lowest BCUT2D eigenvalue weighted by molar-refractivity contribution is 0.0587. The topological polar surface area (TPSA) is 31.2 Å². The van der Waals surface area contributed by atoms with Crippen molar-refractivity contribution in [2.24, 2.45) is 0 Å². The van der Waals surface area contributed by atoms with Crippen LogP contribution in [0.1, 0.15) is 30.4 Å². The Labute approximate surface area is 111 Å². The van der Waals surface area contributed by atoms with Crippen LogP contribution in [0.15, 0.2) is 36.5 Å². The van der Waals surface area contributed by atoms with Gasteiger partial charge in [0.15, 0.2) is 0 Å². The highest BCUT2D eigenvalue weighted by atomic mass is 19.1. The molecule has 0 saturated heterocycles. The van der Waals surface area contributed by atoms with Crippen LogP contribution in [0.2, 0.25) is 0 Å². The fourth-order valence-corrected chi connectivity index (χ4v) is 2.08. The molecule has 0 bridgehead atoms. The van der Waals surface area contributed by atoms with E-state index in [4.69, 9.17) is 4.74 Å². The molecule has 0 unspecified atom stereocenters. The second-order valence-corrected chi connectivity index (χ2v) is 4.58.